The average molecular weight is 389 g/mol. The number of aromatic nitrogens is 1. The number of nitrogens with zero attached hydrogens (tertiary/aromatic N) is 2. The molecule has 150 valence electrons. The van der Waals surface area contributed by atoms with E-state index in [0.717, 1.165) is 36.8 Å². The molecule has 0 saturated carbocycles. The van der Waals surface area contributed by atoms with Crippen LogP contribution in [0.5, 0.6) is 5.75 Å². The highest BCUT2D eigenvalue weighted by Gasteiger charge is 2.23. The maximum Gasteiger partial charge on any atom is 0.263 e. The molecule has 0 aliphatic carbocycles. The normalized spacial score (nSPS) is 15.3. The average Bonchev–Trinajstić information content (AvgIpc) is 2.73. The standard InChI is InChI=1S/C25H28N2O2/c1-17-8-7-9-18(2)24(17)22-12-13-26-23-16-20(10-11-21(22)23)29-19(3)25(28)27-14-5-4-6-15-27/h7-13,16,19H,4-6,14-15H2,1-3H3/t19-/m1/s1. The third kappa shape index (κ3) is 3.98. The summed E-state index contributed by atoms with van der Waals surface area (Å²) in [5.74, 6) is 0.753. The lowest BCUT2D eigenvalue weighted by Gasteiger charge is -2.29. The molecule has 1 aromatic heterocycles. The van der Waals surface area contributed by atoms with Gasteiger partial charge in [0.15, 0.2) is 6.10 Å². The number of ether oxygens (including phenoxy) is 1. The van der Waals surface area contributed by atoms with Crippen molar-refractivity contribution in [2.24, 2.45) is 0 Å². The van der Waals surface area contributed by atoms with Crippen molar-refractivity contribution in [2.75, 3.05) is 13.1 Å². The molecule has 2 heterocycles. The Morgan fingerprint density at radius 3 is 2.48 bits per heavy atom. The van der Waals surface area contributed by atoms with Crippen molar-refractivity contribution >= 4 is 16.8 Å². The SMILES string of the molecule is Cc1cccc(C)c1-c1ccnc2cc(O[C@H](C)C(=O)N3CCCCC3)ccc12. The number of hydrogen-bond donors (Lipinski definition) is 0. The van der Waals surface area contributed by atoms with Crippen LogP contribution in [0.25, 0.3) is 22.0 Å². The molecular weight excluding hydrogens is 360 g/mol. The van der Waals surface area contributed by atoms with Gasteiger partial charge in [-0.1, -0.05) is 18.2 Å². The number of carbonyl (C=O) groups excluding carboxylic acids is 1. The van der Waals surface area contributed by atoms with E-state index in [0.29, 0.717) is 5.75 Å². The highest BCUT2D eigenvalue weighted by atomic mass is 16.5. The first-order valence-corrected chi connectivity index (χ1v) is 10.5. The quantitative estimate of drug-likeness (QED) is 0.609. The summed E-state index contributed by atoms with van der Waals surface area (Å²) in [4.78, 5) is 19.1. The molecule has 2 aromatic carbocycles. The maximum atomic E-state index is 12.7. The number of fused-ring (bicyclic) bond motifs is 1. The van der Waals surface area contributed by atoms with Gasteiger partial charge in [0.05, 0.1) is 5.52 Å². The Balaban J connectivity index is 1.61. The van der Waals surface area contributed by atoms with Crippen molar-refractivity contribution in [3.8, 4) is 16.9 Å². The Morgan fingerprint density at radius 2 is 1.76 bits per heavy atom. The van der Waals surface area contributed by atoms with Crippen LogP contribution in [0.1, 0.15) is 37.3 Å². The van der Waals surface area contributed by atoms with Gasteiger partial charge in [-0.3, -0.25) is 9.78 Å². The van der Waals surface area contributed by atoms with Crippen molar-refractivity contribution in [3.05, 3.63) is 59.8 Å². The molecule has 0 spiro atoms. The number of amides is 1. The van der Waals surface area contributed by atoms with E-state index in [2.05, 4.69) is 49.2 Å². The van der Waals surface area contributed by atoms with E-state index in [4.69, 9.17) is 4.74 Å². The molecule has 1 amide bonds. The fourth-order valence-corrected chi connectivity index (χ4v) is 4.28. The summed E-state index contributed by atoms with van der Waals surface area (Å²) in [5.41, 5.74) is 5.80. The number of piperidine rings is 1. The second-order valence-electron chi connectivity index (χ2n) is 7.95. The third-order valence-corrected chi connectivity index (χ3v) is 5.79. The van der Waals surface area contributed by atoms with E-state index in [1.807, 2.05) is 30.2 Å². The minimum atomic E-state index is -0.493. The van der Waals surface area contributed by atoms with Gasteiger partial charge in [-0.2, -0.15) is 0 Å². The fourth-order valence-electron chi connectivity index (χ4n) is 4.28. The van der Waals surface area contributed by atoms with Crippen LogP contribution in [0.3, 0.4) is 0 Å². The van der Waals surface area contributed by atoms with Crippen molar-refractivity contribution in [1.82, 2.24) is 9.88 Å². The predicted molar refractivity (Wildman–Crippen MR) is 117 cm³/mol. The Bertz CT molecular complexity index is 1020. The van der Waals surface area contributed by atoms with Crippen LogP contribution in [0, 0.1) is 13.8 Å². The van der Waals surface area contributed by atoms with Crippen LogP contribution in [-0.2, 0) is 4.79 Å². The number of hydrogen-bond acceptors (Lipinski definition) is 3. The lowest BCUT2D eigenvalue weighted by Crippen LogP contribution is -2.43. The first-order valence-electron chi connectivity index (χ1n) is 10.5. The van der Waals surface area contributed by atoms with Crippen LogP contribution < -0.4 is 4.74 Å². The molecule has 1 saturated heterocycles. The molecule has 4 rings (SSSR count). The molecule has 0 bridgehead atoms. The first kappa shape index (κ1) is 19.4. The van der Waals surface area contributed by atoms with Gasteiger partial charge in [-0.05, 0) is 80.5 Å². The lowest BCUT2D eigenvalue weighted by atomic mass is 9.93. The van der Waals surface area contributed by atoms with Gasteiger partial charge in [0.25, 0.3) is 5.91 Å². The third-order valence-electron chi connectivity index (χ3n) is 5.79. The molecule has 1 aliphatic heterocycles. The summed E-state index contributed by atoms with van der Waals surface area (Å²) in [6, 6.07) is 14.4. The number of likely N-dealkylation sites (tertiary alicyclic amines) is 1. The van der Waals surface area contributed by atoms with E-state index in [9.17, 15) is 4.79 Å². The molecule has 0 radical (unpaired) electrons. The highest BCUT2D eigenvalue weighted by molar-refractivity contribution is 5.96. The van der Waals surface area contributed by atoms with E-state index in [1.165, 1.54) is 28.7 Å². The lowest BCUT2D eigenvalue weighted by molar-refractivity contribution is -0.138. The van der Waals surface area contributed by atoms with Gasteiger partial charge in [0.2, 0.25) is 0 Å². The Morgan fingerprint density at radius 1 is 1.03 bits per heavy atom. The van der Waals surface area contributed by atoms with Gasteiger partial charge in [0.1, 0.15) is 5.75 Å². The summed E-state index contributed by atoms with van der Waals surface area (Å²) >= 11 is 0. The van der Waals surface area contributed by atoms with Crippen molar-refractivity contribution in [2.45, 2.75) is 46.1 Å². The molecule has 4 nitrogen and oxygen atoms in total. The van der Waals surface area contributed by atoms with E-state index in [1.54, 1.807) is 0 Å². The predicted octanol–water partition coefficient (Wildman–Crippen LogP) is 5.30. The molecule has 3 aromatic rings. The summed E-state index contributed by atoms with van der Waals surface area (Å²) in [6.07, 6.45) is 4.72. The number of aryl methyl sites for hydroxylation is 2. The van der Waals surface area contributed by atoms with Gasteiger partial charge < -0.3 is 9.64 Å². The van der Waals surface area contributed by atoms with Crippen LogP contribution in [-0.4, -0.2) is 35.0 Å². The van der Waals surface area contributed by atoms with E-state index < -0.39 is 6.10 Å². The summed E-state index contributed by atoms with van der Waals surface area (Å²) in [6.45, 7) is 7.79. The Hall–Kier alpha value is -2.88. The summed E-state index contributed by atoms with van der Waals surface area (Å²) in [7, 11) is 0. The zero-order valence-corrected chi connectivity index (χ0v) is 17.4. The fraction of sp³-hybridized carbons (Fsp3) is 0.360. The zero-order chi connectivity index (χ0) is 20.4. The number of rotatable bonds is 4. The van der Waals surface area contributed by atoms with Crippen LogP contribution in [0.4, 0.5) is 0 Å². The second kappa shape index (κ2) is 8.24. The maximum absolute atomic E-state index is 12.7. The van der Waals surface area contributed by atoms with Gasteiger partial charge in [-0.15, -0.1) is 0 Å². The number of carbonyl (C=O) groups is 1. The number of pyridine rings is 1. The largest absolute Gasteiger partial charge is 0.481 e. The van der Waals surface area contributed by atoms with Crippen LogP contribution in [0.2, 0.25) is 0 Å². The van der Waals surface area contributed by atoms with E-state index >= 15 is 0 Å². The smallest absolute Gasteiger partial charge is 0.263 e. The molecule has 1 atom stereocenters. The molecule has 0 N–H and O–H groups in total. The summed E-state index contributed by atoms with van der Waals surface area (Å²) in [5, 5.41) is 1.09. The first-order chi connectivity index (χ1) is 14.0. The molecular formula is C25H28N2O2. The monoisotopic (exact) mass is 388 g/mol. The van der Waals surface area contributed by atoms with Gasteiger partial charge >= 0.3 is 0 Å². The number of benzene rings is 2. The highest BCUT2D eigenvalue weighted by Crippen LogP contribution is 2.33. The Labute approximate surface area is 172 Å². The van der Waals surface area contributed by atoms with Crippen molar-refractivity contribution in [3.63, 3.8) is 0 Å². The van der Waals surface area contributed by atoms with Crippen LogP contribution >= 0.6 is 0 Å². The Kier molecular flexibility index (Phi) is 5.52. The van der Waals surface area contributed by atoms with Crippen molar-refractivity contribution in [1.29, 1.82) is 0 Å². The molecule has 0 unspecified atom stereocenters. The van der Waals surface area contributed by atoms with Crippen LogP contribution in [0.15, 0.2) is 48.7 Å². The van der Waals surface area contributed by atoms with Gasteiger partial charge in [-0.25, -0.2) is 0 Å². The summed E-state index contributed by atoms with van der Waals surface area (Å²) < 4.78 is 6.00. The van der Waals surface area contributed by atoms with Gasteiger partial charge in [0, 0.05) is 30.7 Å². The topological polar surface area (TPSA) is 42.4 Å². The minimum Gasteiger partial charge on any atom is -0.481 e. The minimum absolute atomic E-state index is 0.0713. The zero-order valence-electron chi connectivity index (χ0n) is 17.4. The molecule has 1 aliphatic rings. The molecule has 29 heavy (non-hydrogen) atoms. The van der Waals surface area contributed by atoms with E-state index in [-0.39, 0.29) is 5.91 Å². The molecule has 4 heteroatoms. The van der Waals surface area contributed by atoms with Crippen molar-refractivity contribution < 1.29 is 9.53 Å². The molecule has 1 fully saturated rings. The second-order valence-corrected chi connectivity index (χ2v) is 7.95.